The van der Waals surface area contributed by atoms with Gasteiger partial charge in [0, 0.05) is 17.4 Å². The summed E-state index contributed by atoms with van der Waals surface area (Å²) in [6.45, 7) is 15.6. The van der Waals surface area contributed by atoms with Crippen molar-refractivity contribution in [1.82, 2.24) is 0 Å². The zero-order valence-electron chi connectivity index (χ0n) is 22.9. The third-order valence-electron chi connectivity index (χ3n) is 12.8. The normalized spacial score (nSPS) is 51.0. The molecule has 9 atom stereocenters. The molecule has 35 heavy (non-hydrogen) atoms. The molecule has 1 unspecified atom stereocenters. The van der Waals surface area contributed by atoms with E-state index < -0.39 is 11.4 Å². The van der Waals surface area contributed by atoms with E-state index in [-0.39, 0.29) is 39.5 Å². The number of ketones is 1. The molecule has 5 aliphatic rings. The van der Waals surface area contributed by atoms with E-state index in [2.05, 4.69) is 41.5 Å². The molecule has 1 aliphatic heterocycles. The molecule has 1 heterocycles. The average Bonchev–Trinajstić information content (AvgIpc) is 3.34. The van der Waals surface area contributed by atoms with E-state index in [0.717, 1.165) is 51.4 Å². The molecule has 1 saturated heterocycles. The van der Waals surface area contributed by atoms with E-state index in [1.807, 2.05) is 6.08 Å². The zero-order valence-corrected chi connectivity index (χ0v) is 22.9. The second kappa shape index (κ2) is 7.43. The van der Waals surface area contributed by atoms with Crippen molar-refractivity contribution in [3.8, 4) is 0 Å². The van der Waals surface area contributed by atoms with Gasteiger partial charge in [-0.3, -0.25) is 4.79 Å². The fourth-order valence-electron chi connectivity index (χ4n) is 10.3. The Morgan fingerprint density at radius 2 is 1.86 bits per heavy atom. The van der Waals surface area contributed by atoms with Crippen LogP contribution in [-0.2, 0) is 14.3 Å². The smallest absolute Gasteiger partial charge is 0.330 e. The third-order valence-corrected chi connectivity index (χ3v) is 12.8. The summed E-state index contributed by atoms with van der Waals surface area (Å²) in [5, 5.41) is 20.1. The standard InChI is InChI=1S/C30H46O5/c1-18(24(33)34)9-8-10-19(2)27(6)16-23-30(35-23)28(27,7)14-12-22(32)29(30)15-20-25(3,4)21(31)11-13-26(20,5)17-29/h9,19-21,23,31H,8,10-17H2,1-7H3,(H,33,34)/b18-9+/t19-,20?,21+,23+,26-,27-,28-,29+,30+/m1/s1. The van der Waals surface area contributed by atoms with Crippen molar-refractivity contribution >= 4 is 11.8 Å². The first-order chi connectivity index (χ1) is 16.1. The molecule has 5 rings (SSSR count). The second-order valence-electron chi connectivity index (χ2n) is 14.4. The number of carboxylic acids is 1. The number of aliphatic carboxylic acids is 1. The molecule has 0 bridgehead atoms. The van der Waals surface area contributed by atoms with Crippen molar-refractivity contribution in [1.29, 1.82) is 0 Å². The summed E-state index contributed by atoms with van der Waals surface area (Å²) in [7, 11) is 0. The predicted molar refractivity (Wildman–Crippen MR) is 135 cm³/mol. The molecule has 5 heteroatoms. The molecule has 196 valence electrons. The van der Waals surface area contributed by atoms with Crippen LogP contribution in [0.25, 0.3) is 0 Å². The van der Waals surface area contributed by atoms with Gasteiger partial charge in [0.15, 0.2) is 0 Å². The molecule has 0 radical (unpaired) electrons. The molecule has 0 aromatic heterocycles. The Bertz CT molecular complexity index is 983. The Morgan fingerprint density at radius 1 is 1.17 bits per heavy atom. The number of carboxylic acid groups (broad SMARTS) is 1. The van der Waals surface area contributed by atoms with Gasteiger partial charge in [-0.05, 0) is 86.4 Å². The summed E-state index contributed by atoms with van der Waals surface area (Å²) >= 11 is 0. The summed E-state index contributed by atoms with van der Waals surface area (Å²) in [6.07, 6.45) is 9.42. The van der Waals surface area contributed by atoms with Crippen molar-refractivity contribution in [2.45, 2.75) is 124 Å². The van der Waals surface area contributed by atoms with Gasteiger partial charge in [-0.15, -0.1) is 0 Å². The number of aliphatic hydroxyl groups excluding tert-OH is 1. The van der Waals surface area contributed by atoms with Crippen molar-refractivity contribution in [3.63, 3.8) is 0 Å². The molecular formula is C30H46O5. The Balaban J connectivity index is 1.49. The number of aliphatic hydroxyl groups is 1. The van der Waals surface area contributed by atoms with Crippen LogP contribution in [0.15, 0.2) is 11.6 Å². The Labute approximate surface area is 211 Å². The summed E-state index contributed by atoms with van der Waals surface area (Å²) < 4.78 is 6.75. The maximum Gasteiger partial charge on any atom is 0.330 e. The Hall–Kier alpha value is -1.20. The Kier molecular flexibility index (Phi) is 5.40. The number of epoxide rings is 1. The first-order valence-electron chi connectivity index (χ1n) is 13.9. The van der Waals surface area contributed by atoms with Crippen molar-refractivity contribution < 1.29 is 24.5 Å². The van der Waals surface area contributed by atoms with E-state index in [1.54, 1.807) is 6.92 Å². The maximum atomic E-state index is 14.0. The number of rotatable bonds is 5. The van der Waals surface area contributed by atoms with Gasteiger partial charge in [0.05, 0.1) is 17.6 Å². The second-order valence-corrected chi connectivity index (χ2v) is 14.4. The molecule has 0 aromatic carbocycles. The number of Topliss-reactive ketones (excluding diaryl/α,β-unsaturated/α-hetero) is 1. The minimum atomic E-state index is -0.845. The number of carbonyl (C=O) groups excluding carboxylic acids is 1. The van der Waals surface area contributed by atoms with Crippen molar-refractivity contribution in [3.05, 3.63) is 11.6 Å². The third kappa shape index (κ3) is 2.94. The van der Waals surface area contributed by atoms with Gasteiger partial charge in [-0.2, -0.15) is 0 Å². The largest absolute Gasteiger partial charge is 0.478 e. The number of ether oxygens (including phenoxy) is 1. The highest BCUT2D eigenvalue weighted by Gasteiger charge is 2.89. The molecular weight excluding hydrogens is 440 g/mol. The van der Waals surface area contributed by atoms with Gasteiger partial charge in [-0.1, -0.05) is 47.6 Å². The summed E-state index contributed by atoms with van der Waals surface area (Å²) in [4.78, 5) is 25.2. The predicted octanol–water partition coefficient (Wildman–Crippen LogP) is 5.93. The number of fused-ring (bicyclic) bond motifs is 1. The van der Waals surface area contributed by atoms with Gasteiger partial charge in [0.1, 0.15) is 11.4 Å². The van der Waals surface area contributed by atoms with Gasteiger partial charge in [0.2, 0.25) is 0 Å². The van der Waals surface area contributed by atoms with E-state index in [4.69, 9.17) is 4.74 Å². The van der Waals surface area contributed by atoms with Crippen LogP contribution in [0.5, 0.6) is 0 Å². The lowest BCUT2D eigenvalue weighted by Gasteiger charge is -2.57. The van der Waals surface area contributed by atoms with Gasteiger partial charge in [0.25, 0.3) is 0 Å². The fraction of sp³-hybridized carbons (Fsp3) is 0.867. The molecule has 2 spiro atoms. The van der Waals surface area contributed by atoms with Gasteiger partial charge < -0.3 is 14.9 Å². The minimum absolute atomic E-state index is 0.0400. The molecule has 0 aromatic rings. The number of hydrogen-bond donors (Lipinski definition) is 2. The molecule has 5 nitrogen and oxygen atoms in total. The summed E-state index contributed by atoms with van der Waals surface area (Å²) in [5.74, 6) is 0.289. The highest BCUT2D eigenvalue weighted by molar-refractivity contribution is 5.89. The number of hydrogen-bond acceptors (Lipinski definition) is 4. The highest BCUT2D eigenvalue weighted by Crippen LogP contribution is 2.84. The number of carbonyl (C=O) groups is 2. The van der Waals surface area contributed by atoms with E-state index in [0.29, 0.717) is 29.6 Å². The lowest BCUT2D eigenvalue weighted by Crippen LogP contribution is -2.61. The average molecular weight is 487 g/mol. The zero-order chi connectivity index (χ0) is 25.8. The van der Waals surface area contributed by atoms with Crippen LogP contribution in [0, 0.1) is 38.9 Å². The lowest BCUT2D eigenvalue weighted by molar-refractivity contribution is -0.163. The van der Waals surface area contributed by atoms with Crippen LogP contribution >= 0.6 is 0 Å². The van der Waals surface area contributed by atoms with Crippen molar-refractivity contribution in [2.75, 3.05) is 0 Å². The first kappa shape index (κ1) is 25.4. The molecule has 4 saturated carbocycles. The van der Waals surface area contributed by atoms with Crippen LogP contribution in [0.3, 0.4) is 0 Å². The van der Waals surface area contributed by atoms with Gasteiger partial charge >= 0.3 is 5.97 Å². The Morgan fingerprint density at radius 3 is 2.51 bits per heavy atom. The van der Waals surface area contributed by atoms with Crippen LogP contribution in [0.1, 0.15) is 106 Å². The monoisotopic (exact) mass is 486 g/mol. The van der Waals surface area contributed by atoms with Crippen LogP contribution < -0.4 is 0 Å². The minimum Gasteiger partial charge on any atom is -0.478 e. The SMILES string of the molecule is C/C(=C\CC[C@@H](C)[C@@]1(C)C[C@@H]2O[C@@]23[C@]2(CC4C(C)(C)[C@@H](O)CC[C@]4(C)C2)C(=O)CC[C@@]31C)C(=O)O. The van der Waals surface area contributed by atoms with Gasteiger partial charge in [-0.25, -0.2) is 4.79 Å². The quantitative estimate of drug-likeness (QED) is 0.371. The topological polar surface area (TPSA) is 87.1 Å². The van der Waals surface area contributed by atoms with E-state index in [1.165, 1.54) is 0 Å². The summed E-state index contributed by atoms with van der Waals surface area (Å²) in [6, 6.07) is 0. The first-order valence-corrected chi connectivity index (χ1v) is 13.9. The van der Waals surface area contributed by atoms with Crippen LogP contribution in [0.4, 0.5) is 0 Å². The summed E-state index contributed by atoms with van der Waals surface area (Å²) in [5.41, 5.74) is -0.596. The van der Waals surface area contributed by atoms with Crippen molar-refractivity contribution in [2.24, 2.45) is 38.9 Å². The van der Waals surface area contributed by atoms with E-state index >= 15 is 0 Å². The lowest BCUT2D eigenvalue weighted by atomic mass is 9.46. The van der Waals surface area contributed by atoms with E-state index in [9.17, 15) is 19.8 Å². The van der Waals surface area contributed by atoms with Crippen LogP contribution in [0.2, 0.25) is 0 Å². The number of allylic oxidation sites excluding steroid dienone is 1. The molecule has 2 N–H and O–H groups in total. The molecule has 5 fully saturated rings. The maximum absolute atomic E-state index is 14.0. The van der Waals surface area contributed by atoms with Crippen LogP contribution in [-0.4, -0.2) is 39.8 Å². The molecule has 4 aliphatic carbocycles. The molecule has 0 amide bonds. The highest BCUT2D eigenvalue weighted by atomic mass is 16.6. The fourth-order valence-corrected chi connectivity index (χ4v) is 10.3.